The Balaban J connectivity index is 2.12. The second-order valence-electron chi connectivity index (χ2n) is 4.49. The number of carbonyl (C=O) groups is 1. The highest BCUT2D eigenvalue weighted by Gasteiger charge is 2.26. The Bertz CT molecular complexity index is 360. The SMILES string of the molecule is O=C(c1ccccc1)N(CCBr)C1CCCC1. The molecule has 1 aromatic rings. The van der Waals surface area contributed by atoms with Crippen LogP contribution in [0.4, 0.5) is 0 Å². The van der Waals surface area contributed by atoms with Crippen molar-refractivity contribution < 1.29 is 4.79 Å². The third-order valence-electron chi connectivity index (χ3n) is 3.37. The Labute approximate surface area is 111 Å². The maximum atomic E-state index is 12.4. The summed E-state index contributed by atoms with van der Waals surface area (Å²) in [7, 11) is 0. The molecule has 0 saturated heterocycles. The molecule has 0 N–H and O–H groups in total. The van der Waals surface area contributed by atoms with E-state index >= 15 is 0 Å². The van der Waals surface area contributed by atoms with Gasteiger partial charge in [0.1, 0.15) is 0 Å². The molecule has 0 bridgehead atoms. The van der Waals surface area contributed by atoms with Gasteiger partial charge in [0, 0.05) is 23.5 Å². The number of alkyl halides is 1. The molecule has 0 heterocycles. The molecule has 1 saturated carbocycles. The molecule has 0 radical (unpaired) electrons. The molecule has 1 amide bonds. The summed E-state index contributed by atoms with van der Waals surface area (Å²) in [6, 6.07) is 10.0. The van der Waals surface area contributed by atoms with Crippen LogP contribution in [-0.4, -0.2) is 28.7 Å². The Hall–Kier alpha value is -0.830. The molecular formula is C14H18BrNO. The van der Waals surface area contributed by atoms with Crippen LogP contribution < -0.4 is 0 Å². The van der Waals surface area contributed by atoms with E-state index in [-0.39, 0.29) is 5.91 Å². The highest BCUT2D eigenvalue weighted by atomic mass is 79.9. The van der Waals surface area contributed by atoms with Crippen molar-refractivity contribution in [3.63, 3.8) is 0 Å². The quantitative estimate of drug-likeness (QED) is 0.779. The molecule has 92 valence electrons. The van der Waals surface area contributed by atoms with Crippen molar-refractivity contribution in [1.29, 1.82) is 0 Å². The lowest BCUT2D eigenvalue weighted by Crippen LogP contribution is -2.40. The monoisotopic (exact) mass is 295 g/mol. The summed E-state index contributed by atoms with van der Waals surface area (Å²) in [5.74, 6) is 0.178. The summed E-state index contributed by atoms with van der Waals surface area (Å²) in [6.45, 7) is 0.804. The third-order valence-corrected chi connectivity index (χ3v) is 3.73. The van der Waals surface area contributed by atoms with E-state index in [9.17, 15) is 4.79 Å². The van der Waals surface area contributed by atoms with E-state index in [0.29, 0.717) is 6.04 Å². The van der Waals surface area contributed by atoms with Crippen molar-refractivity contribution in [3.8, 4) is 0 Å². The van der Waals surface area contributed by atoms with Gasteiger partial charge in [0.2, 0.25) is 0 Å². The van der Waals surface area contributed by atoms with Crippen LogP contribution in [0.1, 0.15) is 36.0 Å². The average molecular weight is 296 g/mol. The molecule has 2 rings (SSSR count). The lowest BCUT2D eigenvalue weighted by atomic mass is 10.1. The Kier molecular flexibility index (Phi) is 4.60. The van der Waals surface area contributed by atoms with Crippen LogP contribution in [0, 0.1) is 0 Å². The summed E-state index contributed by atoms with van der Waals surface area (Å²) in [6.07, 6.45) is 4.83. The first-order valence-electron chi connectivity index (χ1n) is 6.25. The van der Waals surface area contributed by atoms with E-state index < -0.39 is 0 Å². The van der Waals surface area contributed by atoms with Gasteiger partial charge in [-0.2, -0.15) is 0 Å². The van der Waals surface area contributed by atoms with Gasteiger partial charge in [0.05, 0.1) is 0 Å². The van der Waals surface area contributed by atoms with Crippen LogP contribution in [0.2, 0.25) is 0 Å². The molecule has 0 aliphatic heterocycles. The zero-order valence-corrected chi connectivity index (χ0v) is 11.5. The van der Waals surface area contributed by atoms with Crippen LogP contribution in [0.3, 0.4) is 0 Å². The van der Waals surface area contributed by atoms with Crippen molar-refractivity contribution in [2.24, 2.45) is 0 Å². The summed E-state index contributed by atoms with van der Waals surface area (Å²) >= 11 is 3.44. The number of amides is 1. The lowest BCUT2D eigenvalue weighted by molar-refractivity contribution is 0.0696. The van der Waals surface area contributed by atoms with Crippen molar-refractivity contribution in [2.45, 2.75) is 31.7 Å². The molecule has 17 heavy (non-hydrogen) atoms. The van der Waals surface area contributed by atoms with E-state index in [2.05, 4.69) is 15.9 Å². The Morgan fingerprint density at radius 3 is 2.47 bits per heavy atom. The first-order valence-corrected chi connectivity index (χ1v) is 7.37. The lowest BCUT2D eigenvalue weighted by Gasteiger charge is -2.28. The highest BCUT2D eigenvalue weighted by Crippen LogP contribution is 2.24. The van der Waals surface area contributed by atoms with E-state index in [4.69, 9.17) is 0 Å². The van der Waals surface area contributed by atoms with E-state index in [0.717, 1.165) is 30.3 Å². The van der Waals surface area contributed by atoms with Crippen molar-refractivity contribution in [3.05, 3.63) is 35.9 Å². The first kappa shape index (κ1) is 12.6. The van der Waals surface area contributed by atoms with Gasteiger partial charge < -0.3 is 4.90 Å². The summed E-state index contributed by atoms with van der Waals surface area (Å²) in [4.78, 5) is 14.5. The van der Waals surface area contributed by atoms with Gasteiger partial charge in [0.15, 0.2) is 0 Å². The largest absolute Gasteiger partial charge is 0.335 e. The van der Waals surface area contributed by atoms with E-state index in [1.807, 2.05) is 35.2 Å². The molecule has 0 spiro atoms. The third kappa shape index (κ3) is 3.09. The van der Waals surface area contributed by atoms with Gasteiger partial charge in [-0.05, 0) is 25.0 Å². The minimum Gasteiger partial charge on any atom is -0.335 e. The zero-order chi connectivity index (χ0) is 12.1. The predicted octanol–water partition coefficient (Wildman–Crippen LogP) is 3.47. The minimum atomic E-state index is 0.178. The normalized spacial score (nSPS) is 16.1. The summed E-state index contributed by atoms with van der Waals surface area (Å²) in [5.41, 5.74) is 0.806. The van der Waals surface area contributed by atoms with E-state index in [1.165, 1.54) is 12.8 Å². The number of nitrogens with zero attached hydrogens (tertiary/aromatic N) is 1. The molecule has 1 fully saturated rings. The maximum Gasteiger partial charge on any atom is 0.254 e. The van der Waals surface area contributed by atoms with Crippen molar-refractivity contribution in [1.82, 2.24) is 4.90 Å². The van der Waals surface area contributed by atoms with Gasteiger partial charge in [0.25, 0.3) is 5.91 Å². The molecule has 1 aliphatic rings. The summed E-state index contributed by atoms with van der Waals surface area (Å²) < 4.78 is 0. The van der Waals surface area contributed by atoms with Gasteiger partial charge in [-0.1, -0.05) is 47.0 Å². The number of hydrogen-bond acceptors (Lipinski definition) is 1. The fourth-order valence-corrected chi connectivity index (χ4v) is 2.89. The molecule has 1 aliphatic carbocycles. The predicted molar refractivity (Wildman–Crippen MR) is 73.5 cm³/mol. The molecule has 0 aromatic heterocycles. The molecule has 2 nitrogen and oxygen atoms in total. The fourth-order valence-electron chi connectivity index (χ4n) is 2.50. The smallest absolute Gasteiger partial charge is 0.254 e. The number of rotatable bonds is 4. The van der Waals surface area contributed by atoms with Gasteiger partial charge >= 0.3 is 0 Å². The molecular weight excluding hydrogens is 278 g/mol. The molecule has 1 aromatic carbocycles. The van der Waals surface area contributed by atoms with Crippen LogP contribution in [0.15, 0.2) is 30.3 Å². The van der Waals surface area contributed by atoms with Gasteiger partial charge in [-0.25, -0.2) is 0 Å². The molecule has 0 unspecified atom stereocenters. The van der Waals surface area contributed by atoms with Crippen molar-refractivity contribution in [2.75, 3.05) is 11.9 Å². The van der Waals surface area contributed by atoms with Crippen LogP contribution >= 0.6 is 15.9 Å². The van der Waals surface area contributed by atoms with Crippen LogP contribution in [0.25, 0.3) is 0 Å². The number of halogens is 1. The summed E-state index contributed by atoms with van der Waals surface area (Å²) in [5, 5.41) is 0.849. The maximum absolute atomic E-state index is 12.4. The Morgan fingerprint density at radius 1 is 1.24 bits per heavy atom. The Morgan fingerprint density at radius 2 is 1.88 bits per heavy atom. The average Bonchev–Trinajstić information content (AvgIpc) is 2.90. The van der Waals surface area contributed by atoms with Gasteiger partial charge in [-0.15, -0.1) is 0 Å². The standard InChI is InChI=1S/C14H18BrNO/c15-10-11-16(13-8-4-5-9-13)14(17)12-6-2-1-3-7-12/h1-3,6-7,13H,4-5,8-11H2. The highest BCUT2D eigenvalue weighted by molar-refractivity contribution is 9.09. The minimum absolute atomic E-state index is 0.178. The van der Waals surface area contributed by atoms with Gasteiger partial charge in [-0.3, -0.25) is 4.79 Å². The number of hydrogen-bond donors (Lipinski definition) is 0. The molecule has 0 atom stereocenters. The topological polar surface area (TPSA) is 20.3 Å². The number of benzene rings is 1. The molecule has 3 heteroatoms. The van der Waals surface area contributed by atoms with Crippen molar-refractivity contribution >= 4 is 21.8 Å². The van der Waals surface area contributed by atoms with Crippen LogP contribution in [0.5, 0.6) is 0 Å². The fraction of sp³-hybridized carbons (Fsp3) is 0.500. The van der Waals surface area contributed by atoms with Crippen LogP contribution in [-0.2, 0) is 0 Å². The zero-order valence-electron chi connectivity index (χ0n) is 9.94. The first-order chi connectivity index (χ1) is 8.33. The number of carbonyl (C=O) groups excluding carboxylic acids is 1. The second-order valence-corrected chi connectivity index (χ2v) is 5.28. The van der Waals surface area contributed by atoms with E-state index in [1.54, 1.807) is 0 Å². The second kappa shape index (κ2) is 6.20.